The van der Waals surface area contributed by atoms with Crippen molar-refractivity contribution in [1.82, 2.24) is 28.8 Å². The number of morpholine rings is 1. The average molecular weight is 539 g/mol. The Kier molecular flexibility index (Phi) is 7.20. The zero-order valence-corrected chi connectivity index (χ0v) is 21.5. The topological polar surface area (TPSA) is 111 Å². The maximum atomic E-state index is 13.9. The van der Waals surface area contributed by atoms with E-state index in [0.717, 1.165) is 42.1 Å². The van der Waals surface area contributed by atoms with Crippen molar-refractivity contribution in [2.75, 3.05) is 69.4 Å². The van der Waals surface area contributed by atoms with Crippen molar-refractivity contribution in [2.45, 2.75) is 19.6 Å². The number of nitrogens with zero attached hydrogens (tertiary/aromatic N) is 7. The number of pyridine rings is 1. The minimum Gasteiger partial charge on any atom is -0.598 e. The zero-order valence-electron chi connectivity index (χ0n) is 20.7. The number of piperazine rings is 1. The predicted octanol–water partition coefficient (Wildman–Crippen LogP) is 1.95. The lowest BCUT2D eigenvalue weighted by Crippen LogP contribution is -2.47. The maximum absolute atomic E-state index is 13.9. The van der Waals surface area contributed by atoms with Gasteiger partial charge in [-0.3, -0.25) is 4.90 Å². The molecule has 0 saturated carbocycles. The molecule has 0 amide bonds. The van der Waals surface area contributed by atoms with Gasteiger partial charge in [-0.1, -0.05) is 0 Å². The van der Waals surface area contributed by atoms with Gasteiger partial charge in [0.2, 0.25) is 0 Å². The fraction of sp³-hybridized carbons (Fsp3) is 0.522. The summed E-state index contributed by atoms with van der Waals surface area (Å²) in [7, 11) is 0. The third-order valence-electron chi connectivity index (χ3n) is 6.83. The Balaban J connectivity index is 1.57. The summed E-state index contributed by atoms with van der Waals surface area (Å²) in [5.41, 5.74) is 6.99. The summed E-state index contributed by atoms with van der Waals surface area (Å²) in [6, 6.07) is 2.83. The van der Waals surface area contributed by atoms with Gasteiger partial charge >= 0.3 is 6.18 Å². The number of hydrogen-bond acceptors (Lipinski definition) is 9. The first-order valence-corrected chi connectivity index (χ1v) is 13.5. The summed E-state index contributed by atoms with van der Waals surface area (Å²) in [5, 5.41) is 4.55. The van der Waals surface area contributed by atoms with Crippen molar-refractivity contribution in [3.63, 3.8) is 0 Å². The van der Waals surface area contributed by atoms with Crippen LogP contribution in [0.3, 0.4) is 0 Å². The van der Waals surface area contributed by atoms with E-state index >= 15 is 0 Å². The van der Waals surface area contributed by atoms with E-state index in [1.165, 1.54) is 0 Å². The summed E-state index contributed by atoms with van der Waals surface area (Å²) in [5.74, 6) is 0.258. The molecule has 0 radical (unpaired) electrons. The molecule has 2 N–H and O–H groups in total. The summed E-state index contributed by atoms with van der Waals surface area (Å²) in [4.78, 5) is 12.8. The lowest BCUT2D eigenvalue weighted by Gasteiger charge is -2.33. The monoisotopic (exact) mass is 538 g/mol. The predicted molar refractivity (Wildman–Crippen MR) is 134 cm³/mol. The smallest absolute Gasteiger partial charge is 0.417 e. The molecule has 2 aliphatic rings. The number of hydrogen-bond donors (Lipinski definition) is 1. The summed E-state index contributed by atoms with van der Waals surface area (Å²) >= 11 is -0.992. The van der Waals surface area contributed by atoms with E-state index in [1.54, 1.807) is 10.8 Å². The van der Waals surface area contributed by atoms with Gasteiger partial charge in [0.1, 0.15) is 17.6 Å². The van der Waals surface area contributed by atoms with Crippen LogP contribution in [-0.2, 0) is 28.8 Å². The van der Waals surface area contributed by atoms with E-state index in [9.17, 15) is 17.7 Å². The maximum Gasteiger partial charge on any atom is 0.417 e. The van der Waals surface area contributed by atoms with Crippen LogP contribution >= 0.6 is 0 Å². The molecule has 10 nitrogen and oxygen atoms in total. The highest BCUT2D eigenvalue weighted by Crippen LogP contribution is 2.37. The lowest BCUT2D eigenvalue weighted by molar-refractivity contribution is -0.137. The van der Waals surface area contributed by atoms with Gasteiger partial charge in [0.05, 0.1) is 37.4 Å². The van der Waals surface area contributed by atoms with Gasteiger partial charge in [0.15, 0.2) is 11.6 Å². The average Bonchev–Trinajstić information content (AvgIpc) is 3.18. The Labute approximate surface area is 215 Å². The van der Waals surface area contributed by atoms with Gasteiger partial charge in [0, 0.05) is 56.0 Å². The SMILES string of the molecule is Cc1c(CN2CCN([S+](C)[O-])CC2)cc2c(N3CCOCC3)nc(-c3cnc(N)cc3C(F)(F)F)nn12. The minimum absolute atomic E-state index is 0.0712. The molecule has 1 unspecified atom stereocenters. The Hall–Kier alpha value is -2.65. The number of alkyl halides is 3. The minimum atomic E-state index is -4.65. The van der Waals surface area contributed by atoms with Crippen LogP contribution in [0.1, 0.15) is 16.8 Å². The van der Waals surface area contributed by atoms with Crippen molar-refractivity contribution in [3.05, 3.63) is 35.2 Å². The highest BCUT2D eigenvalue weighted by atomic mass is 32.2. The number of nitrogens with two attached hydrogens (primary N) is 1. The van der Waals surface area contributed by atoms with E-state index < -0.39 is 23.1 Å². The molecule has 3 aromatic heterocycles. The molecule has 3 aromatic rings. The fourth-order valence-corrected chi connectivity index (χ4v) is 5.44. The number of aromatic nitrogens is 4. The number of anilines is 2. The molecule has 5 heterocycles. The zero-order chi connectivity index (χ0) is 26.3. The Morgan fingerprint density at radius 3 is 2.46 bits per heavy atom. The summed E-state index contributed by atoms with van der Waals surface area (Å²) in [6.45, 7) is 7.64. The molecule has 0 bridgehead atoms. The number of halogens is 3. The van der Waals surface area contributed by atoms with Gasteiger partial charge in [-0.25, -0.2) is 14.5 Å². The Morgan fingerprint density at radius 2 is 1.81 bits per heavy atom. The van der Waals surface area contributed by atoms with Crippen LogP contribution in [0, 0.1) is 6.92 Å². The molecule has 0 spiro atoms. The molecule has 1 atom stereocenters. The molecule has 2 aliphatic heterocycles. The summed E-state index contributed by atoms with van der Waals surface area (Å²) in [6.07, 6.45) is -1.88. The Bertz CT molecular complexity index is 1270. The summed E-state index contributed by atoms with van der Waals surface area (Å²) < 4.78 is 62.6. The van der Waals surface area contributed by atoms with Crippen molar-refractivity contribution in [1.29, 1.82) is 0 Å². The Morgan fingerprint density at radius 1 is 1.11 bits per heavy atom. The van der Waals surface area contributed by atoms with Crippen LogP contribution in [0.25, 0.3) is 16.9 Å². The van der Waals surface area contributed by atoms with Crippen LogP contribution in [-0.4, -0.2) is 92.1 Å². The molecule has 37 heavy (non-hydrogen) atoms. The molecule has 14 heteroatoms. The number of aryl methyl sites for hydroxylation is 1. The quantitative estimate of drug-likeness (QED) is 0.487. The van der Waals surface area contributed by atoms with E-state index in [0.29, 0.717) is 51.8 Å². The van der Waals surface area contributed by atoms with E-state index in [-0.39, 0.29) is 17.2 Å². The molecule has 5 rings (SSSR count). The molecule has 0 aromatic carbocycles. The van der Waals surface area contributed by atoms with Crippen molar-refractivity contribution in [3.8, 4) is 11.4 Å². The molecular formula is C23H29F3N8O2S. The van der Waals surface area contributed by atoms with Crippen molar-refractivity contribution >= 4 is 28.5 Å². The van der Waals surface area contributed by atoms with Gasteiger partial charge in [-0.2, -0.15) is 13.2 Å². The molecule has 2 saturated heterocycles. The molecule has 2 fully saturated rings. The highest BCUT2D eigenvalue weighted by Gasteiger charge is 2.36. The van der Waals surface area contributed by atoms with Gasteiger partial charge in [0.25, 0.3) is 0 Å². The van der Waals surface area contributed by atoms with Crippen molar-refractivity contribution in [2.24, 2.45) is 0 Å². The number of fused-ring (bicyclic) bond motifs is 1. The first kappa shape index (κ1) is 26.0. The second-order valence-corrected chi connectivity index (χ2v) is 10.6. The number of nitrogen functional groups attached to an aromatic ring is 1. The van der Waals surface area contributed by atoms with Gasteiger partial charge in [-0.05, 0) is 24.6 Å². The molecule has 200 valence electrons. The molecular weight excluding hydrogens is 509 g/mol. The third kappa shape index (κ3) is 5.34. The first-order chi connectivity index (χ1) is 17.6. The van der Waals surface area contributed by atoms with Crippen LogP contribution < -0.4 is 10.6 Å². The van der Waals surface area contributed by atoms with Crippen LogP contribution in [0.4, 0.5) is 24.8 Å². The van der Waals surface area contributed by atoms with Crippen molar-refractivity contribution < 1.29 is 22.5 Å². The fourth-order valence-electron chi connectivity index (χ4n) is 4.76. The van der Waals surface area contributed by atoms with E-state index in [1.807, 2.05) is 22.2 Å². The van der Waals surface area contributed by atoms with Crippen LogP contribution in [0.15, 0.2) is 18.3 Å². The largest absolute Gasteiger partial charge is 0.598 e. The first-order valence-electron chi connectivity index (χ1n) is 12.0. The van der Waals surface area contributed by atoms with Crippen LogP contribution in [0.5, 0.6) is 0 Å². The number of ether oxygens (including phenoxy) is 1. The standard InChI is InChI=1S/C23H29F3N8O2S/c1-15-16(14-31-3-5-33(6-4-31)37(2)35)11-19-22(32-7-9-36-10-8-32)29-21(30-34(15)19)17-13-28-20(27)12-18(17)23(24,25)26/h11-13H,3-10,14H2,1-2H3,(H2,27,28). The number of rotatable bonds is 5. The third-order valence-corrected chi connectivity index (χ3v) is 7.92. The van der Waals surface area contributed by atoms with Gasteiger partial charge < -0.3 is 19.9 Å². The van der Waals surface area contributed by atoms with Crippen LogP contribution in [0.2, 0.25) is 0 Å². The van der Waals surface area contributed by atoms with E-state index in [4.69, 9.17) is 10.5 Å². The normalized spacial score (nSPS) is 19.0. The lowest BCUT2D eigenvalue weighted by atomic mass is 10.1. The van der Waals surface area contributed by atoms with E-state index in [2.05, 4.69) is 20.0 Å². The second kappa shape index (κ2) is 10.3. The highest BCUT2D eigenvalue weighted by molar-refractivity contribution is 7.88. The second-order valence-electron chi connectivity index (χ2n) is 9.19. The molecule has 0 aliphatic carbocycles. The van der Waals surface area contributed by atoms with Gasteiger partial charge in [-0.15, -0.1) is 9.40 Å².